The van der Waals surface area contributed by atoms with Crippen molar-refractivity contribution in [1.82, 2.24) is 9.55 Å². The van der Waals surface area contributed by atoms with Crippen LogP contribution in [0.1, 0.15) is 11.9 Å². The minimum absolute atomic E-state index is 0.0891. The van der Waals surface area contributed by atoms with Gasteiger partial charge in [0.25, 0.3) is 0 Å². The second kappa shape index (κ2) is 4.63. The summed E-state index contributed by atoms with van der Waals surface area (Å²) >= 11 is 0.488. The number of rotatable bonds is 1. The van der Waals surface area contributed by atoms with E-state index in [1.165, 1.54) is 29.4 Å². The fraction of sp³-hybridized carbons (Fsp3) is 0.182. The molecule has 0 spiro atoms. The van der Waals surface area contributed by atoms with Gasteiger partial charge < -0.3 is 5.32 Å². The molecule has 0 bridgehead atoms. The molecule has 0 fully saturated rings. The molecule has 0 aliphatic carbocycles. The average molecular weight is 319 g/mol. The Balaban J connectivity index is 1.99. The highest BCUT2D eigenvalue weighted by Gasteiger charge is 2.45. The molecule has 3 rings (SSSR count). The zero-order chi connectivity index (χ0) is 15.3. The van der Waals surface area contributed by atoms with Crippen molar-refractivity contribution in [3.8, 4) is 0 Å². The first-order chi connectivity index (χ1) is 9.77. The summed E-state index contributed by atoms with van der Waals surface area (Å²) in [7, 11) is 0. The van der Waals surface area contributed by atoms with Gasteiger partial charge in [-0.25, -0.2) is 4.98 Å². The molecule has 1 aromatic carbocycles. The van der Waals surface area contributed by atoms with Crippen molar-refractivity contribution < 1.29 is 27.8 Å². The molecular weight excluding hydrogens is 309 g/mol. The first-order valence-corrected chi connectivity index (χ1v) is 6.54. The van der Waals surface area contributed by atoms with Gasteiger partial charge in [-0.15, -0.1) is 0 Å². The highest BCUT2D eigenvalue weighted by molar-refractivity contribution is 7.93. The van der Waals surface area contributed by atoms with Gasteiger partial charge >= 0.3 is 12.5 Å². The third kappa shape index (κ3) is 2.58. The SMILES string of the molecule is O[N+]1(O)Sc2cc(C(F)(F)F)ccc2NC1n1ccnc1. The van der Waals surface area contributed by atoms with E-state index in [1.807, 2.05) is 0 Å². The van der Waals surface area contributed by atoms with Gasteiger partial charge in [0, 0.05) is 12.4 Å². The topological polar surface area (TPSA) is 70.3 Å². The van der Waals surface area contributed by atoms with Gasteiger partial charge in [0.15, 0.2) is 11.9 Å². The quantitative estimate of drug-likeness (QED) is 0.557. The summed E-state index contributed by atoms with van der Waals surface area (Å²) < 4.78 is 37.8. The molecule has 2 heterocycles. The second-order valence-electron chi connectivity index (χ2n) is 4.42. The first-order valence-electron chi connectivity index (χ1n) is 5.76. The van der Waals surface area contributed by atoms with Gasteiger partial charge in [0.2, 0.25) is 0 Å². The number of fused-ring (bicyclic) bond motifs is 1. The Kier molecular flexibility index (Phi) is 3.13. The van der Waals surface area contributed by atoms with Crippen molar-refractivity contribution >= 4 is 17.6 Å². The molecule has 1 aliphatic heterocycles. The number of nitrogens with zero attached hydrogens (tertiary/aromatic N) is 3. The molecule has 10 heteroatoms. The number of aromatic nitrogens is 2. The van der Waals surface area contributed by atoms with Gasteiger partial charge in [0.1, 0.15) is 6.33 Å². The number of benzene rings is 1. The van der Waals surface area contributed by atoms with Gasteiger partial charge in [0.05, 0.1) is 20.4 Å². The van der Waals surface area contributed by atoms with Crippen LogP contribution in [-0.4, -0.2) is 24.2 Å². The Labute approximate surface area is 121 Å². The number of imidazole rings is 1. The zero-order valence-corrected chi connectivity index (χ0v) is 11.1. The number of halogens is 3. The molecule has 0 saturated heterocycles. The fourth-order valence-electron chi connectivity index (χ4n) is 1.97. The van der Waals surface area contributed by atoms with Crippen LogP contribution in [0.4, 0.5) is 18.9 Å². The minimum atomic E-state index is -4.49. The van der Waals surface area contributed by atoms with E-state index in [1.54, 1.807) is 0 Å². The highest BCUT2D eigenvalue weighted by atomic mass is 32.2. The van der Waals surface area contributed by atoms with Gasteiger partial charge in [-0.1, -0.05) is 0 Å². The highest BCUT2D eigenvalue weighted by Crippen LogP contribution is 2.45. The summed E-state index contributed by atoms with van der Waals surface area (Å²) in [5.74, 6) is 0. The van der Waals surface area contributed by atoms with E-state index >= 15 is 0 Å². The largest absolute Gasteiger partial charge is 0.416 e. The molecule has 6 nitrogen and oxygen atoms in total. The Hall–Kier alpha value is -1.75. The van der Waals surface area contributed by atoms with Crippen molar-refractivity contribution in [2.45, 2.75) is 17.4 Å². The lowest BCUT2D eigenvalue weighted by atomic mass is 10.2. The number of hydrogen-bond acceptors (Lipinski definition) is 5. The van der Waals surface area contributed by atoms with Gasteiger partial charge in [-0.3, -0.25) is 4.57 Å². The molecule has 112 valence electrons. The van der Waals surface area contributed by atoms with Crippen molar-refractivity contribution in [3.05, 3.63) is 42.5 Å². The number of alkyl halides is 3. The maximum Gasteiger partial charge on any atom is 0.416 e. The van der Waals surface area contributed by atoms with E-state index < -0.39 is 22.2 Å². The van der Waals surface area contributed by atoms with Crippen LogP contribution in [0.3, 0.4) is 0 Å². The molecule has 1 atom stereocenters. The summed E-state index contributed by atoms with van der Waals surface area (Å²) in [6, 6.07) is 3.07. The summed E-state index contributed by atoms with van der Waals surface area (Å²) in [6.45, 7) is 0. The molecule has 1 aromatic heterocycles. The van der Waals surface area contributed by atoms with Crippen molar-refractivity contribution in [3.63, 3.8) is 0 Å². The van der Waals surface area contributed by atoms with E-state index in [9.17, 15) is 23.6 Å². The molecule has 1 unspecified atom stereocenters. The minimum Gasteiger partial charge on any atom is -0.310 e. The number of hydroxylamine groups is 2. The maximum absolute atomic E-state index is 12.7. The Morgan fingerprint density at radius 1 is 1.33 bits per heavy atom. The van der Waals surface area contributed by atoms with Crippen LogP contribution in [0.25, 0.3) is 0 Å². The molecule has 2 aromatic rings. The summed E-state index contributed by atoms with van der Waals surface area (Å²) in [5, 5.41) is 22.8. The van der Waals surface area contributed by atoms with Gasteiger partial charge in [-0.05, 0) is 18.2 Å². The number of quaternary nitrogens is 1. The smallest absolute Gasteiger partial charge is 0.310 e. The maximum atomic E-state index is 12.7. The van der Waals surface area contributed by atoms with Crippen LogP contribution in [0.15, 0.2) is 41.8 Å². The Morgan fingerprint density at radius 3 is 2.71 bits per heavy atom. The number of hydrogen-bond donors (Lipinski definition) is 3. The van der Waals surface area contributed by atoms with Crippen molar-refractivity contribution in [2.24, 2.45) is 0 Å². The number of anilines is 1. The molecule has 21 heavy (non-hydrogen) atoms. The predicted octanol–water partition coefficient (Wildman–Crippen LogP) is 3.09. The molecular formula is C11H10F3N4O2S+. The van der Waals surface area contributed by atoms with Crippen molar-refractivity contribution in [2.75, 3.05) is 5.32 Å². The Morgan fingerprint density at radius 2 is 2.10 bits per heavy atom. The Bertz CT molecular complexity index is 660. The van der Waals surface area contributed by atoms with Crippen LogP contribution in [0.2, 0.25) is 0 Å². The van der Waals surface area contributed by atoms with Gasteiger partial charge in [-0.2, -0.15) is 23.6 Å². The average Bonchev–Trinajstić information content (AvgIpc) is 2.88. The van der Waals surface area contributed by atoms with E-state index in [2.05, 4.69) is 10.3 Å². The molecule has 3 N–H and O–H groups in total. The summed E-state index contributed by atoms with van der Waals surface area (Å²) in [4.78, 5) is 3.89. The van der Waals surface area contributed by atoms with Crippen molar-refractivity contribution in [1.29, 1.82) is 0 Å². The lowest BCUT2D eigenvalue weighted by molar-refractivity contribution is -1.17. The third-order valence-corrected chi connectivity index (χ3v) is 3.95. The zero-order valence-electron chi connectivity index (χ0n) is 10.3. The standard InChI is InChI=1S/C11H10F3N4O2S/c12-11(13,14)7-1-2-8-9(5-7)21-18(19,20)10(16-8)17-4-3-15-6-17/h1-6,10,16,19-20H/q+1. The van der Waals surface area contributed by atoms with E-state index in [-0.39, 0.29) is 4.90 Å². The van der Waals surface area contributed by atoms with E-state index in [0.717, 1.165) is 12.1 Å². The van der Waals surface area contributed by atoms with E-state index in [0.29, 0.717) is 17.6 Å². The van der Waals surface area contributed by atoms with Crippen LogP contribution in [0.5, 0.6) is 0 Å². The fourth-order valence-corrected chi connectivity index (χ4v) is 2.93. The van der Waals surface area contributed by atoms with Crippen LogP contribution in [-0.2, 0) is 6.18 Å². The normalized spacial score (nSPS) is 20.7. The molecule has 0 saturated carbocycles. The molecule has 0 amide bonds. The van der Waals surface area contributed by atoms with Crippen LogP contribution >= 0.6 is 11.9 Å². The van der Waals surface area contributed by atoms with Crippen LogP contribution < -0.4 is 5.32 Å². The lowest BCUT2D eigenvalue weighted by Gasteiger charge is -2.33. The monoisotopic (exact) mass is 319 g/mol. The molecule has 1 aliphatic rings. The summed E-state index contributed by atoms with van der Waals surface area (Å²) in [5.41, 5.74) is -0.472. The first kappa shape index (κ1) is 14.2. The lowest BCUT2D eigenvalue weighted by Crippen LogP contribution is -2.47. The summed E-state index contributed by atoms with van der Waals surface area (Å²) in [6.07, 6.45) is -1.19. The third-order valence-electron chi connectivity index (χ3n) is 2.95. The molecule has 0 radical (unpaired) electrons. The van der Waals surface area contributed by atoms with E-state index in [4.69, 9.17) is 0 Å². The second-order valence-corrected chi connectivity index (χ2v) is 5.58. The predicted molar refractivity (Wildman–Crippen MR) is 66.0 cm³/mol. The van der Waals surface area contributed by atoms with Crippen LogP contribution in [0, 0.1) is 0 Å². The number of nitrogens with one attached hydrogen (secondary N) is 1.